The molecular formula is C28H33N3O3. The number of methoxy groups -OCH3 is 1. The van der Waals surface area contributed by atoms with Crippen molar-refractivity contribution in [3.05, 3.63) is 72.6 Å². The Balaban J connectivity index is 1.41. The third-order valence-corrected chi connectivity index (χ3v) is 6.19. The van der Waals surface area contributed by atoms with Crippen molar-refractivity contribution in [2.45, 2.75) is 38.6 Å². The predicted molar refractivity (Wildman–Crippen MR) is 136 cm³/mol. The quantitative estimate of drug-likeness (QED) is 0.283. The van der Waals surface area contributed by atoms with Gasteiger partial charge in [0.15, 0.2) is 11.5 Å². The second-order valence-corrected chi connectivity index (χ2v) is 8.56. The van der Waals surface area contributed by atoms with E-state index in [1.54, 1.807) is 13.2 Å². The second kappa shape index (κ2) is 11.1. The average molecular weight is 460 g/mol. The summed E-state index contributed by atoms with van der Waals surface area (Å²) in [6, 6.07) is 14.2. The molecule has 1 unspecified atom stereocenters. The third-order valence-electron chi connectivity index (χ3n) is 6.19. The molecule has 3 aromatic rings. The number of unbranched alkanes of at least 4 members (excludes halogenated alkanes) is 1. The summed E-state index contributed by atoms with van der Waals surface area (Å²) in [6.07, 6.45) is 8.17. The first-order valence-electron chi connectivity index (χ1n) is 11.9. The van der Waals surface area contributed by atoms with Crippen LogP contribution in [0, 0.1) is 0 Å². The average Bonchev–Trinajstić information content (AvgIpc) is 3.40. The molecule has 1 aliphatic rings. The topological polar surface area (TPSA) is 56.6 Å². The van der Waals surface area contributed by atoms with Gasteiger partial charge in [-0.15, -0.1) is 6.58 Å². The van der Waals surface area contributed by atoms with Gasteiger partial charge >= 0.3 is 0 Å². The van der Waals surface area contributed by atoms with E-state index in [4.69, 9.17) is 14.5 Å². The molecule has 0 N–H and O–H groups in total. The zero-order chi connectivity index (χ0) is 23.9. The Kier molecular flexibility index (Phi) is 7.68. The Bertz CT molecular complexity index is 1180. The van der Waals surface area contributed by atoms with Crippen LogP contribution in [0.2, 0.25) is 0 Å². The summed E-state index contributed by atoms with van der Waals surface area (Å²) in [5, 5.41) is 0. The number of allylic oxidation sites excluding steroid dienone is 1. The number of hydrogen-bond donors (Lipinski definition) is 0. The fourth-order valence-corrected chi connectivity index (χ4v) is 4.57. The molecule has 4 rings (SSSR count). The fourth-order valence-electron chi connectivity index (χ4n) is 4.57. The molecule has 1 aliphatic heterocycles. The smallest absolute Gasteiger partial charge is 0.223 e. The summed E-state index contributed by atoms with van der Waals surface area (Å²) in [6.45, 7) is 8.50. The number of aromatic nitrogens is 2. The summed E-state index contributed by atoms with van der Waals surface area (Å²) >= 11 is 0. The van der Waals surface area contributed by atoms with Crippen LogP contribution in [0.5, 0.6) is 11.5 Å². The summed E-state index contributed by atoms with van der Waals surface area (Å²) in [5.74, 6) is 2.79. The van der Waals surface area contributed by atoms with E-state index in [2.05, 4.69) is 17.2 Å². The van der Waals surface area contributed by atoms with Gasteiger partial charge in [-0.1, -0.05) is 36.4 Å². The van der Waals surface area contributed by atoms with E-state index >= 15 is 0 Å². The molecule has 0 spiro atoms. The van der Waals surface area contributed by atoms with Crippen LogP contribution in [0.15, 0.2) is 61.2 Å². The van der Waals surface area contributed by atoms with Gasteiger partial charge in [-0.3, -0.25) is 4.79 Å². The van der Waals surface area contributed by atoms with Gasteiger partial charge in [-0.25, -0.2) is 4.98 Å². The molecule has 2 heterocycles. The molecular weight excluding hydrogens is 426 g/mol. The first kappa shape index (κ1) is 23.6. The molecule has 0 bridgehead atoms. The molecule has 0 radical (unpaired) electrons. The molecule has 178 valence electrons. The maximum Gasteiger partial charge on any atom is 0.223 e. The largest absolute Gasteiger partial charge is 0.493 e. The van der Waals surface area contributed by atoms with Gasteiger partial charge in [0, 0.05) is 32.0 Å². The number of para-hydroxylation sites is 2. The van der Waals surface area contributed by atoms with Crippen LogP contribution in [0.4, 0.5) is 0 Å². The number of aryl methyl sites for hydroxylation is 1. The van der Waals surface area contributed by atoms with E-state index in [0.29, 0.717) is 26.1 Å². The number of fused-ring (bicyclic) bond motifs is 1. The minimum atomic E-state index is 0.107. The zero-order valence-electron chi connectivity index (χ0n) is 20.1. The number of imidazole rings is 1. The highest BCUT2D eigenvalue weighted by molar-refractivity contribution is 5.81. The highest BCUT2D eigenvalue weighted by Gasteiger charge is 2.33. The van der Waals surface area contributed by atoms with Crippen molar-refractivity contribution < 1.29 is 14.3 Å². The second-order valence-electron chi connectivity index (χ2n) is 8.56. The van der Waals surface area contributed by atoms with Crippen LogP contribution in [0.1, 0.15) is 43.5 Å². The van der Waals surface area contributed by atoms with Gasteiger partial charge in [-0.05, 0) is 49.6 Å². The number of nitrogens with zero attached hydrogens (tertiary/aromatic N) is 3. The van der Waals surface area contributed by atoms with E-state index in [1.807, 2.05) is 60.4 Å². The normalized spacial score (nSPS) is 16.0. The maximum absolute atomic E-state index is 12.4. The summed E-state index contributed by atoms with van der Waals surface area (Å²) in [7, 11) is 1.66. The first-order valence-corrected chi connectivity index (χ1v) is 11.9. The lowest BCUT2D eigenvalue weighted by Crippen LogP contribution is -2.25. The highest BCUT2D eigenvalue weighted by Crippen LogP contribution is 2.31. The van der Waals surface area contributed by atoms with E-state index < -0.39 is 0 Å². The Morgan fingerprint density at radius 2 is 2.03 bits per heavy atom. The maximum atomic E-state index is 12.4. The van der Waals surface area contributed by atoms with Crippen LogP contribution >= 0.6 is 0 Å². The standard InChI is InChI=1S/C28H33N3O3/c1-4-10-21-13-14-25(26(18-21)33-3)34-17-9-8-16-31-24-12-7-6-11-23(24)29-28(31)22-19-27(32)30(20-22)15-5-2/h4-7,10-14,18,22H,2,8-9,15-17,19-20H2,1,3H3/b10-4-. The molecule has 0 aliphatic carbocycles. The molecule has 34 heavy (non-hydrogen) atoms. The molecule has 6 heteroatoms. The Hall–Kier alpha value is -3.54. The SMILES string of the molecule is C=CCN1CC(c2nc3ccccc3n2CCCCOc2ccc(/C=C\C)cc2OC)CC1=O. The number of hydrogen-bond acceptors (Lipinski definition) is 4. The van der Waals surface area contributed by atoms with Crippen molar-refractivity contribution in [3.8, 4) is 11.5 Å². The molecule has 1 saturated heterocycles. The number of rotatable bonds is 11. The van der Waals surface area contributed by atoms with Crippen LogP contribution < -0.4 is 9.47 Å². The van der Waals surface area contributed by atoms with Gasteiger partial charge in [0.05, 0.1) is 24.8 Å². The van der Waals surface area contributed by atoms with Crippen molar-refractivity contribution in [2.24, 2.45) is 0 Å². The summed E-state index contributed by atoms with van der Waals surface area (Å²) in [4.78, 5) is 19.2. The predicted octanol–water partition coefficient (Wildman–Crippen LogP) is 5.44. The third kappa shape index (κ3) is 5.16. The van der Waals surface area contributed by atoms with Crippen LogP contribution in [-0.2, 0) is 11.3 Å². The van der Waals surface area contributed by atoms with E-state index in [0.717, 1.165) is 53.3 Å². The lowest BCUT2D eigenvalue weighted by Gasteiger charge is -2.16. The number of carbonyl (C=O) groups is 1. The monoisotopic (exact) mass is 459 g/mol. The highest BCUT2D eigenvalue weighted by atomic mass is 16.5. The Morgan fingerprint density at radius 1 is 1.18 bits per heavy atom. The van der Waals surface area contributed by atoms with Crippen molar-refractivity contribution in [2.75, 3.05) is 26.8 Å². The van der Waals surface area contributed by atoms with Crippen LogP contribution in [0.3, 0.4) is 0 Å². The first-order chi connectivity index (χ1) is 16.6. The van der Waals surface area contributed by atoms with Crippen molar-refractivity contribution >= 4 is 23.0 Å². The minimum Gasteiger partial charge on any atom is -0.493 e. The minimum absolute atomic E-state index is 0.107. The number of benzene rings is 2. The molecule has 1 amide bonds. The molecule has 6 nitrogen and oxygen atoms in total. The van der Waals surface area contributed by atoms with Gasteiger partial charge < -0.3 is 18.9 Å². The number of carbonyl (C=O) groups excluding carboxylic acids is 1. The number of amides is 1. The van der Waals surface area contributed by atoms with E-state index in [-0.39, 0.29) is 11.8 Å². The van der Waals surface area contributed by atoms with Crippen LogP contribution in [-0.4, -0.2) is 47.2 Å². The van der Waals surface area contributed by atoms with Gasteiger partial charge in [0.1, 0.15) is 5.82 Å². The number of likely N-dealkylation sites (tertiary alicyclic amines) is 1. The zero-order valence-corrected chi connectivity index (χ0v) is 20.1. The van der Waals surface area contributed by atoms with Gasteiger partial charge in [-0.2, -0.15) is 0 Å². The fraction of sp³-hybridized carbons (Fsp3) is 0.357. The lowest BCUT2D eigenvalue weighted by molar-refractivity contribution is -0.127. The van der Waals surface area contributed by atoms with E-state index in [1.165, 1.54) is 0 Å². The molecule has 1 fully saturated rings. The molecule has 0 saturated carbocycles. The van der Waals surface area contributed by atoms with Gasteiger partial charge in [0.25, 0.3) is 0 Å². The van der Waals surface area contributed by atoms with Crippen molar-refractivity contribution in [1.29, 1.82) is 0 Å². The molecule has 2 aromatic carbocycles. The summed E-state index contributed by atoms with van der Waals surface area (Å²) in [5.41, 5.74) is 3.19. The van der Waals surface area contributed by atoms with E-state index in [9.17, 15) is 4.79 Å². The van der Waals surface area contributed by atoms with Gasteiger partial charge in [0.2, 0.25) is 5.91 Å². The van der Waals surface area contributed by atoms with Crippen molar-refractivity contribution in [3.63, 3.8) is 0 Å². The van der Waals surface area contributed by atoms with Crippen LogP contribution in [0.25, 0.3) is 17.1 Å². The Morgan fingerprint density at radius 3 is 2.82 bits per heavy atom. The molecule has 1 atom stereocenters. The Labute approximate surface area is 201 Å². The van der Waals surface area contributed by atoms with Crippen molar-refractivity contribution in [1.82, 2.24) is 14.5 Å². The summed E-state index contributed by atoms with van der Waals surface area (Å²) < 4.78 is 13.8. The lowest BCUT2D eigenvalue weighted by atomic mass is 10.1. The molecule has 1 aromatic heterocycles. The number of ether oxygens (including phenoxy) is 2.